The van der Waals surface area contributed by atoms with E-state index in [0.29, 0.717) is 21.9 Å². The third-order valence-electron chi connectivity index (χ3n) is 3.26. The van der Waals surface area contributed by atoms with E-state index in [1.807, 2.05) is 6.92 Å². The fraction of sp³-hybridized carbons (Fsp3) is 0.462. The van der Waals surface area contributed by atoms with Gasteiger partial charge in [0.05, 0.1) is 10.2 Å². The number of aliphatic imine (C=N–C) groups is 1. The summed E-state index contributed by atoms with van der Waals surface area (Å²) in [5, 5.41) is 0. The van der Waals surface area contributed by atoms with Crippen LogP contribution in [0.5, 0.6) is 0 Å². The van der Waals surface area contributed by atoms with Crippen LogP contribution in [0.2, 0.25) is 0 Å². The average Bonchev–Trinajstić information content (AvgIpc) is 2.79. The van der Waals surface area contributed by atoms with E-state index in [-0.39, 0.29) is 5.82 Å². The monoisotopic (exact) mass is 298 g/mol. The SMILES string of the molecule is Cc1cc(Br)c(F)cc1N=C(N)C1CCCC1. The number of amidine groups is 1. The summed E-state index contributed by atoms with van der Waals surface area (Å²) in [7, 11) is 0. The van der Waals surface area contributed by atoms with Crippen molar-refractivity contribution < 1.29 is 4.39 Å². The highest BCUT2D eigenvalue weighted by atomic mass is 79.9. The molecule has 0 amide bonds. The lowest BCUT2D eigenvalue weighted by molar-refractivity contribution is 0.621. The molecular weight excluding hydrogens is 283 g/mol. The lowest BCUT2D eigenvalue weighted by atomic mass is 10.1. The van der Waals surface area contributed by atoms with Gasteiger partial charge in [0.1, 0.15) is 11.7 Å². The van der Waals surface area contributed by atoms with Gasteiger partial charge in [-0.1, -0.05) is 12.8 Å². The maximum Gasteiger partial charge on any atom is 0.139 e. The van der Waals surface area contributed by atoms with Crippen molar-refractivity contribution in [3.63, 3.8) is 0 Å². The predicted molar refractivity (Wildman–Crippen MR) is 72.1 cm³/mol. The first-order chi connectivity index (χ1) is 8.08. The molecule has 0 unspecified atom stereocenters. The molecule has 1 aromatic rings. The van der Waals surface area contributed by atoms with Crippen molar-refractivity contribution in [3.8, 4) is 0 Å². The summed E-state index contributed by atoms with van der Waals surface area (Å²) in [6, 6.07) is 3.16. The fourth-order valence-electron chi connectivity index (χ4n) is 2.21. The van der Waals surface area contributed by atoms with Crippen LogP contribution in [0.15, 0.2) is 21.6 Å². The number of hydrogen-bond donors (Lipinski definition) is 1. The Kier molecular flexibility index (Phi) is 3.82. The number of rotatable bonds is 2. The van der Waals surface area contributed by atoms with E-state index < -0.39 is 0 Å². The number of halogens is 2. The minimum absolute atomic E-state index is 0.298. The molecule has 17 heavy (non-hydrogen) atoms. The minimum atomic E-state index is -0.298. The summed E-state index contributed by atoms with van der Waals surface area (Å²) in [4.78, 5) is 4.38. The molecule has 2 rings (SSSR count). The van der Waals surface area contributed by atoms with E-state index in [1.165, 1.54) is 18.9 Å². The molecule has 0 bridgehead atoms. The van der Waals surface area contributed by atoms with Gasteiger partial charge in [0.2, 0.25) is 0 Å². The fourth-order valence-corrected chi connectivity index (χ4v) is 2.67. The standard InChI is InChI=1S/C13H16BrFN2/c1-8-6-10(14)11(15)7-12(8)17-13(16)9-4-2-3-5-9/h6-7,9H,2-5H2,1H3,(H2,16,17). The molecule has 0 aromatic heterocycles. The van der Waals surface area contributed by atoms with Crippen molar-refractivity contribution in [3.05, 3.63) is 28.0 Å². The van der Waals surface area contributed by atoms with Crippen LogP contribution in [0.25, 0.3) is 0 Å². The van der Waals surface area contributed by atoms with Gasteiger partial charge in [0.15, 0.2) is 0 Å². The molecule has 1 fully saturated rings. The number of nitrogens with two attached hydrogens (primary N) is 1. The van der Waals surface area contributed by atoms with Crippen molar-refractivity contribution in [2.24, 2.45) is 16.6 Å². The van der Waals surface area contributed by atoms with Crippen LogP contribution in [-0.4, -0.2) is 5.84 Å². The third-order valence-corrected chi connectivity index (χ3v) is 3.87. The first kappa shape index (κ1) is 12.6. The second-order valence-electron chi connectivity index (χ2n) is 4.57. The molecular formula is C13H16BrFN2. The predicted octanol–water partition coefficient (Wildman–Crippen LogP) is 4.08. The molecule has 2 nitrogen and oxygen atoms in total. The quantitative estimate of drug-likeness (QED) is 0.648. The summed E-state index contributed by atoms with van der Waals surface area (Å²) in [5.74, 6) is 0.724. The Labute approximate surface area is 109 Å². The van der Waals surface area contributed by atoms with E-state index in [1.54, 1.807) is 6.07 Å². The van der Waals surface area contributed by atoms with E-state index >= 15 is 0 Å². The first-order valence-corrected chi connectivity index (χ1v) is 6.67. The molecule has 1 saturated carbocycles. The molecule has 0 heterocycles. The van der Waals surface area contributed by atoms with Gasteiger partial charge in [-0.15, -0.1) is 0 Å². The maximum atomic E-state index is 13.4. The van der Waals surface area contributed by atoms with Crippen LogP contribution in [0, 0.1) is 18.7 Å². The van der Waals surface area contributed by atoms with Gasteiger partial charge in [0, 0.05) is 12.0 Å². The number of benzene rings is 1. The molecule has 92 valence electrons. The smallest absolute Gasteiger partial charge is 0.139 e. The molecule has 0 aliphatic heterocycles. The molecule has 0 spiro atoms. The number of aryl methyl sites for hydroxylation is 1. The Bertz CT molecular complexity index is 451. The lowest BCUT2D eigenvalue weighted by Gasteiger charge is -2.09. The summed E-state index contributed by atoms with van der Waals surface area (Å²) in [5.41, 5.74) is 7.55. The van der Waals surface area contributed by atoms with Crippen molar-refractivity contribution >= 4 is 27.5 Å². The van der Waals surface area contributed by atoms with Crippen molar-refractivity contribution in [1.82, 2.24) is 0 Å². The van der Waals surface area contributed by atoms with E-state index in [4.69, 9.17) is 5.73 Å². The van der Waals surface area contributed by atoms with Crippen LogP contribution in [0.4, 0.5) is 10.1 Å². The van der Waals surface area contributed by atoms with Gasteiger partial charge in [-0.2, -0.15) is 0 Å². The summed E-state index contributed by atoms with van der Waals surface area (Å²) < 4.78 is 13.9. The molecule has 0 radical (unpaired) electrons. The van der Waals surface area contributed by atoms with Gasteiger partial charge >= 0.3 is 0 Å². The summed E-state index contributed by atoms with van der Waals surface area (Å²) >= 11 is 3.16. The lowest BCUT2D eigenvalue weighted by Crippen LogP contribution is -2.20. The molecule has 0 atom stereocenters. The minimum Gasteiger partial charge on any atom is -0.387 e. The Morgan fingerprint density at radius 2 is 2.06 bits per heavy atom. The van der Waals surface area contributed by atoms with Crippen molar-refractivity contribution in [1.29, 1.82) is 0 Å². The van der Waals surface area contributed by atoms with Crippen LogP contribution < -0.4 is 5.73 Å². The molecule has 4 heteroatoms. The van der Waals surface area contributed by atoms with Gasteiger partial charge in [-0.25, -0.2) is 9.38 Å². The Morgan fingerprint density at radius 3 is 2.71 bits per heavy atom. The molecule has 2 N–H and O–H groups in total. The Morgan fingerprint density at radius 1 is 1.41 bits per heavy atom. The third kappa shape index (κ3) is 2.86. The highest BCUT2D eigenvalue weighted by Crippen LogP contribution is 2.29. The Hall–Kier alpha value is -0.900. The second-order valence-corrected chi connectivity index (χ2v) is 5.43. The van der Waals surface area contributed by atoms with Gasteiger partial charge in [-0.3, -0.25) is 0 Å². The molecule has 1 aliphatic rings. The zero-order valence-electron chi connectivity index (χ0n) is 9.84. The van der Waals surface area contributed by atoms with Gasteiger partial charge < -0.3 is 5.73 Å². The summed E-state index contributed by atoms with van der Waals surface area (Å²) in [6.07, 6.45) is 4.64. The van der Waals surface area contributed by atoms with E-state index in [2.05, 4.69) is 20.9 Å². The van der Waals surface area contributed by atoms with Crippen LogP contribution >= 0.6 is 15.9 Å². The molecule has 1 aliphatic carbocycles. The molecule has 1 aromatic carbocycles. The average molecular weight is 299 g/mol. The van der Waals surface area contributed by atoms with E-state index in [0.717, 1.165) is 18.4 Å². The van der Waals surface area contributed by atoms with Gasteiger partial charge in [0.25, 0.3) is 0 Å². The van der Waals surface area contributed by atoms with Gasteiger partial charge in [-0.05, 0) is 47.3 Å². The zero-order valence-corrected chi connectivity index (χ0v) is 11.4. The van der Waals surface area contributed by atoms with Crippen LogP contribution in [0.1, 0.15) is 31.2 Å². The van der Waals surface area contributed by atoms with Crippen molar-refractivity contribution in [2.75, 3.05) is 0 Å². The van der Waals surface area contributed by atoms with Crippen LogP contribution in [-0.2, 0) is 0 Å². The highest BCUT2D eigenvalue weighted by Gasteiger charge is 2.18. The normalized spacial score (nSPS) is 17.7. The molecule has 0 saturated heterocycles. The van der Waals surface area contributed by atoms with Crippen LogP contribution in [0.3, 0.4) is 0 Å². The first-order valence-electron chi connectivity index (χ1n) is 5.87. The second kappa shape index (κ2) is 5.17. The topological polar surface area (TPSA) is 38.4 Å². The number of hydrogen-bond acceptors (Lipinski definition) is 1. The highest BCUT2D eigenvalue weighted by molar-refractivity contribution is 9.10. The zero-order chi connectivity index (χ0) is 12.4. The van der Waals surface area contributed by atoms with E-state index in [9.17, 15) is 4.39 Å². The number of nitrogens with zero attached hydrogens (tertiary/aromatic N) is 1. The largest absolute Gasteiger partial charge is 0.387 e. The van der Waals surface area contributed by atoms with Crippen molar-refractivity contribution in [2.45, 2.75) is 32.6 Å². The maximum absolute atomic E-state index is 13.4. The summed E-state index contributed by atoms with van der Waals surface area (Å²) in [6.45, 7) is 1.91. The Balaban J connectivity index is 2.28.